The molecule has 266 valence electrons. The third-order valence-electron chi connectivity index (χ3n) is 11.3. The van der Waals surface area contributed by atoms with Gasteiger partial charge in [0.2, 0.25) is 21.8 Å². The molecule has 4 heterocycles. The largest absolute Gasteiger partial charge is 0.343 e. The van der Waals surface area contributed by atoms with E-state index >= 15 is 0 Å². The number of likely N-dealkylation sites (tertiary alicyclic amines) is 2. The van der Waals surface area contributed by atoms with Crippen LogP contribution in [0.15, 0.2) is 42.5 Å². The van der Waals surface area contributed by atoms with Crippen molar-refractivity contribution in [3.05, 3.63) is 64.7 Å². The summed E-state index contributed by atoms with van der Waals surface area (Å²) in [5, 5.41) is 3.07. The molecule has 3 fully saturated rings. The highest BCUT2D eigenvalue weighted by atomic mass is 32.2. The number of para-hydroxylation sites is 1. The van der Waals surface area contributed by atoms with Crippen molar-refractivity contribution in [2.75, 3.05) is 70.5 Å². The molecule has 2 aromatic carbocycles. The van der Waals surface area contributed by atoms with Gasteiger partial charge in [0, 0.05) is 83.1 Å². The summed E-state index contributed by atoms with van der Waals surface area (Å²) in [5.74, 6) is -0.397. The number of urea groups is 1. The molecule has 4 aliphatic heterocycles. The van der Waals surface area contributed by atoms with Gasteiger partial charge in [0.05, 0.1) is 12.2 Å². The van der Waals surface area contributed by atoms with E-state index in [-0.39, 0.29) is 30.3 Å². The van der Waals surface area contributed by atoms with Crippen LogP contribution in [0.4, 0.5) is 10.5 Å². The predicted octanol–water partition coefficient (Wildman–Crippen LogP) is 3.50. The molecule has 12 heteroatoms. The van der Waals surface area contributed by atoms with E-state index in [1.807, 2.05) is 32.9 Å². The van der Waals surface area contributed by atoms with E-state index in [4.69, 9.17) is 0 Å². The molecule has 1 atom stereocenters. The molecule has 0 bridgehead atoms. The SMILES string of the molecule is Cc1ccc(CC(CC(=O)N2CCC(N3CCc4ccccc4NC3=O)CC2)C(=O)N2CCC(N3CCN(S(C)(=O)=O)CC3)CC2)cc1C. The van der Waals surface area contributed by atoms with E-state index in [0.29, 0.717) is 71.4 Å². The van der Waals surface area contributed by atoms with E-state index < -0.39 is 15.9 Å². The van der Waals surface area contributed by atoms with E-state index in [9.17, 15) is 22.8 Å². The first-order valence-electron chi connectivity index (χ1n) is 17.9. The fourth-order valence-corrected chi connectivity index (χ4v) is 8.90. The maximum atomic E-state index is 14.1. The smallest absolute Gasteiger partial charge is 0.322 e. The zero-order valence-corrected chi connectivity index (χ0v) is 30.1. The molecule has 0 aliphatic carbocycles. The topological polar surface area (TPSA) is 114 Å². The van der Waals surface area contributed by atoms with Crippen LogP contribution in [-0.4, -0.2) is 127 Å². The van der Waals surface area contributed by atoms with Crippen LogP contribution in [-0.2, 0) is 32.5 Å². The quantitative estimate of drug-likeness (QED) is 0.454. The summed E-state index contributed by atoms with van der Waals surface area (Å²) >= 11 is 0. The predicted molar refractivity (Wildman–Crippen MR) is 191 cm³/mol. The van der Waals surface area contributed by atoms with Gasteiger partial charge in [-0.15, -0.1) is 0 Å². The van der Waals surface area contributed by atoms with Crippen molar-refractivity contribution in [2.45, 2.75) is 70.9 Å². The molecule has 4 amide bonds. The van der Waals surface area contributed by atoms with Gasteiger partial charge in [-0.05, 0) is 80.7 Å². The molecule has 11 nitrogen and oxygen atoms in total. The lowest BCUT2D eigenvalue weighted by molar-refractivity contribution is -0.143. The van der Waals surface area contributed by atoms with Gasteiger partial charge in [-0.3, -0.25) is 14.5 Å². The normalized spacial score (nSPS) is 21.2. The molecule has 6 rings (SSSR count). The molecule has 4 aliphatic rings. The number of nitrogens with one attached hydrogen (secondary N) is 1. The second-order valence-corrected chi connectivity index (χ2v) is 16.4. The molecule has 1 N–H and O–H groups in total. The Morgan fingerprint density at radius 1 is 0.816 bits per heavy atom. The molecule has 2 aromatic rings. The number of nitrogens with zero attached hydrogens (tertiary/aromatic N) is 5. The van der Waals surface area contributed by atoms with Crippen molar-refractivity contribution in [2.24, 2.45) is 5.92 Å². The fraction of sp³-hybridized carbons (Fsp3) is 0.595. The average Bonchev–Trinajstić information content (AvgIpc) is 3.27. The van der Waals surface area contributed by atoms with E-state index in [1.165, 1.54) is 17.4 Å². The minimum absolute atomic E-state index is 0.00647. The second kappa shape index (κ2) is 15.2. The van der Waals surface area contributed by atoms with Crippen molar-refractivity contribution in [1.29, 1.82) is 0 Å². The first-order chi connectivity index (χ1) is 23.5. The Morgan fingerprint density at radius 3 is 2.14 bits per heavy atom. The first kappa shape index (κ1) is 35.3. The highest BCUT2D eigenvalue weighted by Gasteiger charge is 2.36. The van der Waals surface area contributed by atoms with Crippen LogP contribution in [0.3, 0.4) is 0 Å². The van der Waals surface area contributed by atoms with Gasteiger partial charge in [-0.1, -0.05) is 36.4 Å². The summed E-state index contributed by atoms with van der Waals surface area (Å²) in [5.41, 5.74) is 5.46. The van der Waals surface area contributed by atoms with E-state index in [0.717, 1.165) is 48.9 Å². The fourth-order valence-electron chi connectivity index (χ4n) is 8.08. The number of fused-ring (bicyclic) bond motifs is 1. The van der Waals surface area contributed by atoms with Crippen LogP contribution in [0.1, 0.15) is 54.4 Å². The van der Waals surface area contributed by atoms with Crippen LogP contribution in [0.2, 0.25) is 0 Å². The highest BCUT2D eigenvalue weighted by molar-refractivity contribution is 7.88. The minimum atomic E-state index is -3.18. The summed E-state index contributed by atoms with van der Waals surface area (Å²) in [6.07, 6.45) is 5.88. The molecular formula is C37H52N6O5S. The Kier molecular flexibility index (Phi) is 11.0. The van der Waals surface area contributed by atoms with Crippen molar-refractivity contribution in [1.82, 2.24) is 23.9 Å². The molecule has 3 saturated heterocycles. The van der Waals surface area contributed by atoms with Crippen LogP contribution in [0, 0.1) is 19.8 Å². The minimum Gasteiger partial charge on any atom is -0.343 e. The van der Waals surface area contributed by atoms with Crippen molar-refractivity contribution < 1.29 is 22.8 Å². The number of aryl methyl sites for hydroxylation is 2. The maximum Gasteiger partial charge on any atom is 0.322 e. The summed E-state index contributed by atoms with van der Waals surface area (Å²) in [6, 6.07) is 14.6. The highest BCUT2D eigenvalue weighted by Crippen LogP contribution is 2.27. The number of carbonyl (C=O) groups is 3. The van der Waals surface area contributed by atoms with Crippen LogP contribution in [0.25, 0.3) is 0 Å². The average molecular weight is 693 g/mol. The molecule has 1 unspecified atom stereocenters. The first-order valence-corrected chi connectivity index (χ1v) is 19.8. The lowest BCUT2D eigenvalue weighted by atomic mass is 9.91. The summed E-state index contributed by atoms with van der Waals surface area (Å²) in [4.78, 5) is 49.2. The van der Waals surface area contributed by atoms with E-state index in [2.05, 4.69) is 48.3 Å². The number of hydrogen-bond donors (Lipinski definition) is 1. The standard InChI is InChI=1S/C37H52N6O5S/c1-27-8-9-29(24-28(27)2)25-31(36(45)41-17-11-32(12-18-41)39-20-22-42(23-21-39)49(3,47)48)26-35(44)40-15-13-33(14-16-40)43-19-10-30-6-4-5-7-34(30)38-37(43)46/h4-9,24,31-33H,10-23,25-26H2,1-3H3,(H,38,46). The molecule has 49 heavy (non-hydrogen) atoms. The summed E-state index contributed by atoms with van der Waals surface area (Å²) in [7, 11) is -3.18. The Bertz CT molecular complexity index is 1630. The van der Waals surface area contributed by atoms with Gasteiger partial charge in [-0.25, -0.2) is 13.2 Å². The monoisotopic (exact) mass is 692 g/mol. The van der Waals surface area contributed by atoms with Crippen molar-refractivity contribution in [3.63, 3.8) is 0 Å². The number of anilines is 1. The number of carbonyl (C=O) groups excluding carboxylic acids is 3. The van der Waals surface area contributed by atoms with Gasteiger partial charge in [0.25, 0.3) is 0 Å². The number of sulfonamides is 1. The molecule has 0 radical (unpaired) electrons. The van der Waals surface area contributed by atoms with Gasteiger partial charge >= 0.3 is 6.03 Å². The number of piperazine rings is 1. The zero-order chi connectivity index (χ0) is 34.7. The lowest BCUT2D eigenvalue weighted by Gasteiger charge is -2.42. The molecule has 0 saturated carbocycles. The molecule has 0 aromatic heterocycles. The van der Waals surface area contributed by atoms with Gasteiger partial charge < -0.3 is 20.0 Å². The van der Waals surface area contributed by atoms with Gasteiger partial charge in [-0.2, -0.15) is 4.31 Å². The van der Waals surface area contributed by atoms with Gasteiger partial charge in [0.1, 0.15) is 0 Å². The molecule has 0 spiro atoms. The maximum absolute atomic E-state index is 14.1. The number of piperidine rings is 2. The summed E-state index contributed by atoms with van der Waals surface area (Å²) in [6.45, 7) is 9.67. The number of rotatable bonds is 8. The summed E-state index contributed by atoms with van der Waals surface area (Å²) < 4.78 is 25.5. The van der Waals surface area contributed by atoms with Crippen molar-refractivity contribution in [3.8, 4) is 0 Å². The number of amides is 4. The zero-order valence-electron chi connectivity index (χ0n) is 29.3. The van der Waals surface area contributed by atoms with Crippen LogP contribution in [0.5, 0.6) is 0 Å². The third kappa shape index (κ3) is 8.46. The Morgan fingerprint density at radius 2 is 1.47 bits per heavy atom. The molecular weight excluding hydrogens is 641 g/mol. The lowest BCUT2D eigenvalue weighted by Crippen LogP contribution is -2.55. The second-order valence-electron chi connectivity index (χ2n) is 14.4. The van der Waals surface area contributed by atoms with Crippen LogP contribution < -0.4 is 5.32 Å². The van der Waals surface area contributed by atoms with Crippen molar-refractivity contribution >= 4 is 33.6 Å². The van der Waals surface area contributed by atoms with E-state index in [1.54, 1.807) is 4.31 Å². The number of hydrogen-bond acceptors (Lipinski definition) is 6. The Labute approximate surface area is 291 Å². The van der Waals surface area contributed by atoms with Gasteiger partial charge in [0.15, 0.2) is 0 Å². The number of benzene rings is 2. The van der Waals surface area contributed by atoms with Crippen LogP contribution >= 0.6 is 0 Å². The third-order valence-corrected chi connectivity index (χ3v) is 12.6. The Hall–Kier alpha value is -3.48. The Balaban J connectivity index is 1.06.